The van der Waals surface area contributed by atoms with Gasteiger partial charge in [-0.3, -0.25) is 0 Å². The van der Waals surface area contributed by atoms with E-state index in [0.717, 1.165) is 91.0 Å². The zero-order valence-electron chi connectivity index (χ0n) is 34.8. The lowest BCUT2D eigenvalue weighted by molar-refractivity contribution is -0.138. The first-order valence-corrected chi connectivity index (χ1v) is 20.9. The summed E-state index contributed by atoms with van der Waals surface area (Å²) < 4.78 is 135. The highest BCUT2D eigenvalue weighted by Gasteiger charge is 2.33. The molecule has 0 bridgehead atoms. The molecule has 9 aromatic carbocycles. The molecule has 13 heteroatoms. The summed E-state index contributed by atoms with van der Waals surface area (Å²) in [6.45, 7) is 1.96. The fourth-order valence-electron chi connectivity index (χ4n) is 8.95. The van der Waals surface area contributed by atoms with Gasteiger partial charge in [-0.15, -0.1) is 0 Å². The van der Waals surface area contributed by atoms with Gasteiger partial charge < -0.3 is 18.6 Å². The first kappa shape index (κ1) is 41.8. The van der Waals surface area contributed by atoms with Crippen molar-refractivity contribution < 1.29 is 48.3 Å². The van der Waals surface area contributed by atoms with Crippen LogP contribution in [0.4, 0.5) is 73.6 Å². The quantitative estimate of drug-likeness (QED) is 0.156. The Morgan fingerprint density at radius 3 is 0.955 bits per heavy atom. The van der Waals surface area contributed by atoms with Gasteiger partial charge in [0.1, 0.15) is 22.3 Å². The molecule has 0 atom stereocenters. The van der Waals surface area contributed by atoms with Crippen molar-refractivity contribution in [2.75, 3.05) is 9.80 Å². The number of hydrogen-bond acceptors (Lipinski definition) is 4. The molecule has 0 fully saturated rings. The fourth-order valence-corrected chi connectivity index (χ4v) is 8.95. The van der Waals surface area contributed by atoms with E-state index >= 15 is 0 Å². The van der Waals surface area contributed by atoms with E-state index in [2.05, 4.69) is 0 Å². The van der Waals surface area contributed by atoms with Crippen molar-refractivity contribution in [2.45, 2.75) is 25.5 Å². The maximum Gasteiger partial charge on any atom is 0.416 e. The molecule has 0 aliphatic heterocycles. The lowest BCUT2D eigenvalue weighted by Gasteiger charge is -2.26. The summed E-state index contributed by atoms with van der Waals surface area (Å²) in [6, 6.07) is 44.2. The second-order valence-electron chi connectivity index (χ2n) is 16.4. The fraction of sp³-hybridized carbons (Fsp3) is 0.0741. The molecule has 0 aliphatic rings. The van der Waals surface area contributed by atoms with Gasteiger partial charge in [0.05, 0.1) is 16.7 Å². The van der Waals surface area contributed by atoms with Crippen molar-refractivity contribution in [1.82, 2.24) is 0 Å². The van der Waals surface area contributed by atoms with Gasteiger partial charge in [0.15, 0.2) is 0 Å². The van der Waals surface area contributed by atoms with Gasteiger partial charge in [-0.05, 0) is 163 Å². The Hall–Kier alpha value is -7.93. The van der Waals surface area contributed by atoms with Gasteiger partial charge in [0.2, 0.25) is 0 Å². The van der Waals surface area contributed by atoms with Gasteiger partial charge in [0.25, 0.3) is 0 Å². The number of hydrogen-bond donors (Lipinski definition) is 0. The van der Waals surface area contributed by atoms with Crippen LogP contribution < -0.4 is 9.80 Å². The SMILES string of the molecule is Cc1ccc(N(c2ccc(C(F)(F)F)cc2)c2ccc3c(ccc4c3oc3ccc5oc6c7ccc(N(c8ccc(C(F)(F)F)cc8)c8ccc(C(F)(F)F)cc8)cc7ccc6c5c34)c2)cc1. The number of benzene rings is 9. The minimum Gasteiger partial charge on any atom is -0.455 e. The number of alkyl halides is 9. The maximum absolute atomic E-state index is 13.5. The van der Waals surface area contributed by atoms with Crippen molar-refractivity contribution in [2.24, 2.45) is 0 Å². The van der Waals surface area contributed by atoms with Crippen LogP contribution in [0.15, 0.2) is 179 Å². The molecule has 0 N–H and O–H groups in total. The first-order valence-electron chi connectivity index (χ1n) is 20.9. The van der Waals surface area contributed by atoms with E-state index in [4.69, 9.17) is 8.83 Å². The van der Waals surface area contributed by atoms with Crippen LogP contribution >= 0.6 is 0 Å². The molecular weight excluding hydrogens is 880 g/mol. The van der Waals surface area contributed by atoms with E-state index in [9.17, 15) is 39.5 Å². The smallest absolute Gasteiger partial charge is 0.416 e. The predicted molar refractivity (Wildman–Crippen MR) is 245 cm³/mol. The molecule has 0 saturated heterocycles. The molecule has 2 heterocycles. The predicted octanol–water partition coefficient (Wildman–Crippen LogP) is 18.1. The summed E-state index contributed by atoms with van der Waals surface area (Å²) in [5.41, 5.74) is 4.12. The van der Waals surface area contributed by atoms with E-state index in [-0.39, 0.29) is 0 Å². The Morgan fingerprint density at radius 2 is 0.627 bits per heavy atom. The number of anilines is 6. The second-order valence-corrected chi connectivity index (χ2v) is 16.4. The Morgan fingerprint density at radius 1 is 0.328 bits per heavy atom. The highest BCUT2D eigenvalue weighted by Crippen LogP contribution is 2.46. The van der Waals surface area contributed by atoms with Crippen LogP contribution in [0.25, 0.3) is 65.4 Å². The monoisotopic (exact) mass is 910 g/mol. The van der Waals surface area contributed by atoms with Crippen molar-refractivity contribution in [3.05, 3.63) is 192 Å². The molecule has 0 amide bonds. The van der Waals surface area contributed by atoms with Gasteiger partial charge in [-0.1, -0.05) is 29.8 Å². The van der Waals surface area contributed by atoms with Crippen LogP contribution in [0.3, 0.4) is 0 Å². The van der Waals surface area contributed by atoms with E-state index in [1.165, 1.54) is 36.4 Å². The Bertz CT molecular complexity index is 3640. The van der Waals surface area contributed by atoms with Crippen molar-refractivity contribution in [3.8, 4) is 0 Å². The van der Waals surface area contributed by atoms with Gasteiger partial charge in [-0.2, -0.15) is 39.5 Å². The zero-order valence-corrected chi connectivity index (χ0v) is 34.8. The molecule has 0 aliphatic carbocycles. The van der Waals surface area contributed by atoms with E-state index in [1.54, 1.807) is 17.0 Å². The molecule has 0 saturated carbocycles. The van der Waals surface area contributed by atoms with Gasteiger partial charge in [0, 0.05) is 66.4 Å². The van der Waals surface area contributed by atoms with Crippen LogP contribution in [-0.2, 0) is 18.5 Å². The van der Waals surface area contributed by atoms with Crippen LogP contribution in [0.2, 0.25) is 0 Å². The Kier molecular flexibility index (Phi) is 9.38. The summed E-state index contributed by atoms with van der Waals surface area (Å²) in [6.07, 6.45) is -13.6. The summed E-state index contributed by atoms with van der Waals surface area (Å²) in [4.78, 5) is 3.49. The van der Waals surface area contributed by atoms with E-state index in [0.29, 0.717) is 50.5 Å². The molecule has 0 unspecified atom stereocenters. The summed E-state index contributed by atoms with van der Waals surface area (Å²) in [5.74, 6) is 0. The average molecular weight is 911 g/mol. The van der Waals surface area contributed by atoms with E-state index in [1.807, 2.05) is 96.8 Å². The lowest BCUT2D eigenvalue weighted by atomic mass is 10.00. The number of halogens is 9. The molecular formula is C54H31F9N2O2. The van der Waals surface area contributed by atoms with Crippen molar-refractivity contribution >= 4 is 99.5 Å². The third-order valence-corrected chi connectivity index (χ3v) is 12.2. The molecule has 2 aromatic heterocycles. The number of furan rings is 2. The third-order valence-electron chi connectivity index (χ3n) is 12.2. The first-order chi connectivity index (χ1) is 32.0. The van der Waals surface area contributed by atoms with E-state index < -0.39 is 35.2 Å². The number of aryl methyl sites for hydroxylation is 1. The molecule has 332 valence electrons. The minimum absolute atomic E-state index is 0.303. The molecule has 11 aromatic rings. The minimum atomic E-state index is -4.58. The standard InChI is InChI=1S/C54H31F9N2O2/c1-30-2-12-36(13-3-30)64(37-14-6-33(7-15-37)52(55,56)57)40-20-24-42-31(28-40)4-22-44-48-46(66-50(42)44)26-27-47-49(48)45-23-5-32-29-41(21-25-43(32)51(45)67-47)65(38-16-8-34(9-17-38)53(58,59)60)39-18-10-35(11-19-39)54(61,62)63/h2-29H,1H3. The van der Waals surface area contributed by atoms with Crippen LogP contribution in [0.5, 0.6) is 0 Å². The van der Waals surface area contributed by atoms with Gasteiger partial charge in [-0.25, -0.2) is 0 Å². The highest BCUT2D eigenvalue weighted by molar-refractivity contribution is 6.30. The van der Waals surface area contributed by atoms with Crippen LogP contribution in [-0.4, -0.2) is 0 Å². The Labute approximate surface area is 374 Å². The molecule has 11 rings (SSSR count). The van der Waals surface area contributed by atoms with Crippen molar-refractivity contribution in [1.29, 1.82) is 0 Å². The van der Waals surface area contributed by atoms with Crippen LogP contribution in [0.1, 0.15) is 22.3 Å². The summed E-state index contributed by atoms with van der Waals surface area (Å²) in [5, 5.41) is 6.36. The number of rotatable bonds is 6. The molecule has 0 radical (unpaired) electrons. The van der Waals surface area contributed by atoms with Gasteiger partial charge >= 0.3 is 18.5 Å². The molecule has 4 nitrogen and oxygen atoms in total. The number of nitrogens with zero attached hydrogens (tertiary/aromatic N) is 2. The lowest BCUT2D eigenvalue weighted by Crippen LogP contribution is -2.12. The number of fused-ring (bicyclic) bond motifs is 11. The highest BCUT2D eigenvalue weighted by atomic mass is 19.4. The third kappa shape index (κ3) is 7.22. The second kappa shape index (κ2) is 15.1. The van der Waals surface area contributed by atoms with Crippen molar-refractivity contribution in [3.63, 3.8) is 0 Å². The summed E-state index contributed by atoms with van der Waals surface area (Å²) in [7, 11) is 0. The summed E-state index contributed by atoms with van der Waals surface area (Å²) >= 11 is 0. The largest absolute Gasteiger partial charge is 0.455 e. The normalized spacial score (nSPS) is 12.6. The Balaban J connectivity index is 1.01. The topological polar surface area (TPSA) is 32.8 Å². The average Bonchev–Trinajstić information content (AvgIpc) is 3.88. The molecule has 0 spiro atoms. The molecule has 67 heavy (non-hydrogen) atoms. The zero-order chi connectivity index (χ0) is 46.6. The maximum atomic E-state index is 13.5. The van der Waals surface area contributed by atoms with Crippen LogP contribution in [0, 0.1) is 6.92 Å².